The van der Waals surface area contributed by atoms with E-state index in [4.69, 9.17) is 0 Å². The maximum Gasteiger partial charge on any atom is 0.113 e. The Hall–Kier alpha value is -1.42. The first-order chi connectivity index (χ1) is 8.56. The van der Waals surface area contributed by atoms with Crippen LogP contribution in [-0.4, -0.2) is 28.1 Å². The Morgan fingerprint density at radius 1 is 1.17 bits per heavy atom. The molecule has 4 heteroatoms. The average Bonchev–Trinajstić information content (AvgIpc) is 2.71. The van der Waals surface area contributed by atoms with Crippen LogP contribution in [0.4, 0.5) is 0 Å². The van der Waals surface area contributed by atoms with E-state index in [1.807, 2.05) is 22.9 Å². The normalized spacial score (nSPS) is 12.2. The lowest BCUT2D eigenvalue weighted by molar-refractivity contribution is 0.364. The van der Waals surface area contributed by atoms with Gasteiger partial charge >= 0.3 is 0 Å². The molecule has 0 aliphatic rings. The van der Waals surface area contributed by atoms with Gasteiger partial charge in [-0.2, -0.15) is 0 Å². The highest BCUT2D eigenvalue weighted by molar-refractivity contribution is 5.73. The summed E-state index contributed by atoms with van der Waals surface area (Å²) in [6.07, 6.45) is 1.19. The van der Waals surface area contributed by atoms with Crippen LogP contribution in [0, 0.1) is 5.41 Å². The molecule has 0 bridgehead atoms. The smallest absolute Gasteiger partial charge is 0.113 e. The number of aromatic nitrogens is 3. The van der Waals surface area contributed by atoms with E-state index in [0.717, 1.165) is 30.7 Å². The molecule has 2 rings (SSSR count). The molecule has 0 unspecified atom stereocenters. The van der Waals surface area contributed by atoms with E-state index in [1.54, 1.807) is 0 Å². The second kappa shape index (κ2) is 5.48. The van der Waals surface area contributed by atoms with Crippen LogP contribution in [0.5, 0.6) is 0 Å². The van der Waals surface area contributed by atoms with Gasteiger partial charge < -0.3 is 5.32 Å². The summed E-state index contributed by atoms with van der Waals surface area (Å²) in [4.78, 5) is 0. The highest BCUT2D eigenvalue weighted by Crippen LogP contribution is 2.16. The van der Waals surface area contributed by atoms with Crippen LogP contribution in [0.15, 0.2) is 24.3 Å². The highest BCUT2D eigenvalue weighted by atomic mass is 15.4. The van der Waals surface area contributed by atoms with E-state index >= 15 is 0 Å². The van der Waals surface area contributed by atoms with Gasteiger partial charge in [-0.1, -0.05) is 38.1 Å². The maximum absolute atomic E-state index is 4.17. The van der Waals surface area contributed by atoms with Crippen molar-refractivity contribution in [3.63, 3.8) is 0 Å². The molecule has 1 heterocycles. The third-order valence-corrected chi connectivity index (χ3v) is 2.97. The molecule has 0 saturated carbocycles. The molecule has 0 atom stereocenters. The van der Waals surface area contributed by atoms with Crippen molar-refractivity contribution < 1.29 is 0 Å². The topological polar surface area (TPSA) is 42.7 Å². The fraction of sp³-hybridized carbons (Fsp3) is 0.571. The van der Waals surface area contributed by atoms with Crippen molar-refractivity contribution in [2.45, 2.75) is 33.7 Å². The predicted molar refractivity (Wildman–Crippen MR) is 74.5 cm³/mol. The Bertz CT molecular complexity index is 496. The molecule has 1 N–H and O–H groups in total. The van der Waals surface area contributed by atoms with Crippen molar-refractivity contribution in [2.75, 3.05) is 13.1 Å². The minimum Gasteiger partial charge on any atom is -0.315 e. The third kappa shape index (κ3) is 3.53. The van der Waals surface area contributed by atoms with Crippen molar-refractivity contribution in [3.05, 3.63) is 24.3 Å². The van der Waals surface area contributed by atoms with Crippen LogP contribution in [0.3, 0.4) is 0 Å². The van der Waals surface area contributed by atoms with Crippen LogP contribution in [0.1, 0.15) is 27.2 Å². The van der Waals surface area contributed by atoms with Crippen LogP contribution < -0.4 is 5.32 Å². The van der Waals surface area contributed by atoms with Gasteiger partial charge in [0.2, 0.25) is 0 Å². The molecule has 98 valence electrons. The minimum atomic E-state index is 0.396. The predicted octanol–water partition coefficient (Wildman–Crippen LogP) is 2.46. The number of rotatable bonds is 5. The van der Waals surface area contributed by atoms with Crippen LogP contribution >= 0.6 is 0 Å². The molecule has 0 aliphatic heterocycles. The quantitative estimate of drug-likeness (QED) is 0.824. The summed E-state index contributed by atoms with van der Waals surface area (Å²) in [7, 11) is 0. The first kappa shape index (κ1) is 13.0. The Morgan fingerprint density at radius 3 is 2.72 bits per heavy atom. The van der Waals surface area contributed by atoms with Crippen molar-refractivity contribution in [3.8, 4) is 0 Å². The molecular weight excluding hydrogens is 224 g/mol. The van der Waals surface area contributed by atoms with Gasteiger partial charge in [0.15, 0.2) is 0 Å². The van der Waals surface area contributed by atoms with E-state index in [0.29, 0.717) is 5.41 Å². The standard InChI is InChI=1S/C14H22N4/c1-14(2,3)8-9-15-10-11-18-13-7-5-4-6-12(13)16-17-18/h4-7,15H,8-11H2,1-3H3. The number of fused-ring (bicyclic) bond motifs is 1. The molecule has 0 radical (unpaired) electrons. The second-order valence-electron chi connectivity index (χ2n) is 5.86. The number of hydrogen-bond acceptors (Lipinski definition) is 3. The molecule has 4 nitrogen and oxygen atoms in total. The van der Waals surface area contributed by atoms with Gasteiger partial charge in [0.25, 0.3) is 0 Å². The first-order valence-electron chi connectivity index (χ1n) is 6.55. The van der Waals surface area contributed by atoms with Crippen LogP contribution in [0.25, 0.3) is 11.0 Å². The molecule has 0 amide bonds. The zero-order valence-corrected chi connectivity index (χ0v) is 11.5. The maximum atomic E-state index is 4.17. The van der Waals surface area contributed by atoms with Crippen molar-refractivity contribution in [1.29, 1.82) is 0 Å². The monoisotopic (exact) mass is 246 g/mol. The lowest BCUT2D eigenvalue weighted by atomic mass is 9.92. The molecule has 2 aromatic rings. The van der Waals surface area contributed by atoms with E-state index in [-0.39, 0.29) is 0 Å². The van der Waals surface area contributed by atoms with E-state index < -0.39 is 0 Å². The molecule has 0 saturated heterocycles. The molecule has 0 spiro atoms. The molecule has 0 fully saturated rings. The Kier molecular flexibility index (Phi) is 3.97. The zero-order valence-electron chi connectivity index (χ0n) is 11.5. The summed E-state index contributed by atoms with van der Waals surface area (Å²) in [5.74, 6) is 0. The van der Waals surface area contributed by atoms with Gasteiger partial charge in [0.05, 0.1) is 12.1 Å². The molecule has 1 aromatic carbocycles. The van der Waals surface area contributed by atoms with Gasteiger partial charge in [0.1, 0.15) is 5.52 Å². The molecule has 18 heavy (non-hydrogen) atoms. The first-order valence-corrected chi connectivity index (χ1v) is 6.55. The van der Waals surface area contributed by atoms with Crippen molar-refractivity contribution in [1.82, 2.24) is 20.3 Å². The summed E-state index contributed by atoms with van der Waals surface area (Å²) >= 11 is 0. The zero-order chi connectivity index (χ0) is 13.0. The van der Waals surface area contributed by atoms with Gasteiger partial charge in [-0.25, -0.2) is 4.68 Å². The lowest BCUT2D eigenvalue weighted by Crippen LogP contribution is -2.24. The van der Waals surface area contributed by atoms with Gasteiger partial charge in [-0.05, 0) is 30.5 Å². The van der Waals surface area contributed by atoms with Crippen LogP contribution in [-0.2, 0) is 6.54 Å². The second-order valence-corrected chi connectivity index (χ2v) is 5.86. The van der Waals surface area contributed by atoms with E-state index in [1.165, 1.54) is 6.42 Å². The Labute approximate surface area is 108 Å². The van der Waals surface area contributed by atoms with E-state index in [2.05, 4.69) is 42.5 Å². The number of nitrogens with one attached hydrogen (secondary N) is 1. The SMILES string of the molecule is CC(C)(C)CCNCCn1nnc2ccccc21. The number of nitrogens with zero attached hydrogens (tertiary/aromatic N) is 3. The minimum absolute atomic E-state index is 0.396. The Morgan fingerprint density at radius 2 is 1.94 bits per heavy atom. The Balaban J connectivity index is 1.80. The summed E-state index contributed by atoms with van der Waals surface area (Å²) in [5, 5.41) is 11.8. The van der Waals surface area contributed by atoms with Gasteiger partial charge in [0, 0.05) is 6.54 Å². The fourth-order valence-electron chi connectivity index (χ4n) is 1.86. The van der Waals surface area contributed by atoms with Gasteiger partial charge in [-0.3, -0.25) is 0 Å². The number of para-hydroxylation sites is 1. The van der Waals surface area contributed by atoms with Crippen molar-refractivity contribution >= 4 is 11.0 Å². The number of benzene rings is 1. The summed E-state index contributed by atoms with van der Waals surface area (Å²) in [5.41, 5.74) is 2.47. The summed E-state index contributed by atoms with van der Waals surface area (Å²) in [6.45, 7) is 9.64. The summed E-state index contributed by atoms with van der Waals surface area (Å²) < 4.78 is 1.96. The van der Waals surface area contributed by atoms with E-state index in [9.17, 15) is 0 Å². The largest absolute Gasteiger partial charge is 0.315 e. The van der Waals surface area contributed by atoms with Crippen LogP contribution in [0.2, 0.25) is 0 Å². The highest BCUT2D eigenvalue weighted by Gasteiger charge is 2.08. The average molecular weight is 246 g/mol. The van der Waals surface area contributed by atoms with Gasteiger partial charge in [-0.15, -0.1) is 5.10 Å². The fourth-order valence-corrected chi connectivity index (χ4v) is 1.86. The summed E-state index contributed by atoms with van der Waals surface area (Å²) in [6, 6.07) is 8.06. The molecule has 1 aromatic heterocycles. The molecular formula is C14H22N4. The van der Waals surface area contributed by atoms with Crippen molar-refractivity contribution in [2.24, 2.45) is 5.41 Å². The number of hydrogen-bond donors (Lipinski definition) is 1. The third-order valence-electron chi connectivity index (χ3n) is 2.97. The lowest BCUT2D eigenvalue weighted by Gasteiger charge is -2.18. The molecule has 0 aliphatic carbocycles.